The van der Waals surface area contributed by atoms with E-state index in [9.17, 15) is 0 Å². The fourth-order valence-electron chi connectivity index (χ4n) is 3.96. The molecule has 5 rings (SSSR count). The van der Waals surface area contributed by atoms with Crippen LogP contribution < -0.4 is 10.6 Å². The number of rotatable bonds is 2. The number of nitrogens with zero attached hydrogens (tertiary/aromatic N) is 3. The van der Waals surface area contributed by atoms with Crippen LogP contribution >= 0.6 is 0 Å². The van der Waals surface area contributed by atoms with E-state index in [0.717, 1.165) is 50.7 Å². The first kappa shape index (κ1) is 15.4. The molecule has 0 radical (unpaired) electrons. The molecule has 0 saturated carbocycles. The van der Waals surface area contributed by atoms with Gasteiger partial charge in [0.2, 0.25) is 0 Å². The van der Waals surface area contributed by atoms with Gasteiger partial charge in [-0.2, -0.15) is 0 Å². The Bertz CT molecular complexity index is 974. The Morgan fingerprint density at radius 2 is 1.27 bits per heavy atom. The number of benzene rings is 2. The zero-order chi connectivity index (χ0) is 17.5. The minimum absolute atomic E-state index is 0.908. The van der Waals surface area contributed by atoms with Crippen molar-refractivity contribution in [3.8, 4) is 0 Å². The molecule has 1 aromatic heterocycles. The van der Waals surface area contributed by atoms with E-state index in [-0.39, 0.29) is 0 Å². The standard InChI is InChI=1S/C21H23N5/c1-26-18-6-4-14(20-22-8-2-9-23-20)12-16(18)17-13-15(5-7-19(17)26)21-24-10-3-11-25-21/h4-7,12-13H,2-3,8-11H2,1H3,(H,22,23)(H,24,25). The van der Waals surface area contributed by atoms with E-state index in [1.54, 1.807) is 0 Å². The lowest BCUT2D eigenvalue weighted by molar-refractivity contribution is 0.742. The second-order valence-electron chi connectivity index (χ2n) is 7.04. The number of aliphatic imine (C=N–C) groups is 2. The van der Waals surface area contributed by atoms with Gasteiger partial charge in [0.25, 0.3) is 0 Å². The molecule has 3 aromatic rings. The third-order valence-electron chi connectivity index (χ3n) is 5.35. The van der Waals surface area contributed by atoms with Crippen LogP contribution in [0, 0.1) is 0 Å². The van der Waals surface area contributed by atoms with Crippen LogP contribution in [0.1, 0.15) is 24.0 Å². The SMILES string of the molecule is Cn1c2ccc(C3=NCCCN3)cc2c2cc(C3=NCCCN3)ccc21. The number of hydrogen-bond acceptors (Lipinski definition) is 4. The molecule has 0 fully saturated rings. The van der Waals surface area contributed by atoms with Gasteiger partial charge >= 0.3 is 0 Å². The molecule has 0 bridgehead atoms. The Labute approximate surface area is 152 Å². The summed E-state index contributed by atoms with van der Waals surface area (Å²) < 4.78 is 2.27. The van der Waals surface area contributed by atoms with Crippen molar-refractivity contribution in [3.63, 3.8) is 0 Å². The highest BCUT2D eigenvalue weighted by atomic mass is 15.0. The normalized spacial score (nSPS) is 17.6. The lowest BCUT2D eigenvalue weighted by Crippen LogP contribution is -2.30. The molecule has 0 atom stereocenters. The minimum Gasteiger partial charge on any atom is -0.370 e. The Morgan fingerprint density at radius 1 is 0.769 bits per heavy atom. The maximum absolute atomic E-state index is 4.65. The molecule has 132 valence electrons. The highest BCUT2D eigenvalue weighted by molar-refractivity contribution is 6.13. The zero-order valence-electron chi connectivity index (χ0n) is 15.0. The molecule has 5 heteroatoms. The predicted octanol–water partition coefficient (Wildman–Crippen LogP) is 2.81. The molecule has 0 saturated heterocycles. The van der Waals surface area contributed by atoms with Crippen LogP contribution in [0.4, 0.5) is 0 Å². The van der Waals surface area contributed by atoms with Crippen LogP contribution in [-0.2, 0) is 7.05 Å². The fourth-order valence-corrected chi connectivity index (χ4v) is 3.96. The van der Waals surface area contributed by atoms with Crippen LogP contribution in [0.5, 0.6) is 0 Å². The molecule has 0 amide bonds. The molecule has 2 N–H and O–H groups in total. The van der Waals surface area contributed by atoms with Crippen molar-refractivity contribution in [1.82, 2.24) is 15.2 Å². The average molecular weight is 345 g/mol. The third-order valence-corrected chi connectivity index (χ3v) is 5.35. The highest BCUT2D eigenvalue weighted by Crippen LogP contribution is 2.30. The summed E-state index contributed by atoms with van der Waals surface area (Å²) in [5, 5.41) is 9.41. The van der Waals surface area contributed by atoms with Crippen LogP contribution in [0.2, 0.25) is 0 Å². The maximum Gasteiger partial charge on any atom is 0.128 e. The third kappa shape index (κ3) is 2.46. The number of amidine groups is 2. The van der Waals surface area contributed by atoms with Gasteiger partial charge in [0.15, 0.2) is 0 Å². The van der Waals surface area contributed by atoms with Gasteiger partial charge in [-0.1, -0.05) is 0 Å². The predicted molar refractivity (Wildman–Crippen MR) is 108 cm³/mol. The summed E-state index contributed by atoms with van der Waals surface area (Å²) in [6.07, 6.45) is 2.22. The van der Waals surface area contributed by atoms with E-state index < -0.39 is 0 Å². The van der Waals surface area contributed by atoms with Gasteiger partial charge < -0.3 is 15.2 Å². The van der Waals surface area contributed by atoms with Crippen LogP contribution in [0.25, 0.3) is 21.8 Å². The van der Waals surface area contributed by atoms with Crippen LogP contribution in [-0.4, -0.2) is 42.4 Å². The zero-order valence-corrected chi connectivity index (χ0v) is 15.0. The highest BCUT2D eigenvalue weighted by Gasteiger charge is 2.14. The average Bonchev–Trinajstić information content (AvgIpc) is 3.01. The lowest BCUT2D eigenvalue weighted by Gasteiger charge is -2.15. The van der Waals surface area contributed by atoms with Crippen LogP contribution in [0.15, 0.2) is 46.4 Å². The molecule has 26 heavy (non-hydrogen) atoms. The first-order chi connectivity index (χ1) is 12.8. The second-order valence-corrected chi connectivity index (χ2v) is 7.04. The lowest BCUT2D eigenvalue weighted by atomic mass is 10.1. The minimum atomic E-state index is 0.908. The quantitative estimate of drug-likeness (QED) is 0.750. The molecule has 0 unspecified atom stereocenters. The Balaban J connectivity index is 1.69. The first-order valence-corrected chi connectivity index (χ1v) is 9.41. The number of hydrogen-bond donors (Lipinski definition) is 2. The van der Waals surface area contributed by atoms with Gasteiger partial charge in [0.05, 0.1) is 0 Å². The number of fused-ring (bicyclic) bond motifs is 3. The van der Waals surface area contributed by atoms with E-state index in [0.29, 0.717) is 0 Å². The summed E-state index contributed by atoms with van der Waals surface area (Å²) in [6, 6.07) is 13.3. The van der Waals surface area contributed by atoms with Gasteiger partial charge in [-0.05, 0) is 49.2 Å². The molecule has 3 heterocycles. The number of nitrogens with one attached hydrogen (secondary N) is 2. The van der Waals surface area contributed by atoms with Crippen molar-refractivity contribution in [2.24, 2.45) is 17.0 Å². The molecular weight excluding hydrogens is 322 g/mol. The monoisotopic (exact) mass is 345 g/mol. The van der Waals surface area contributed by atoms with E-state index in [1.807, 2.05) is 0 Å². The maximum atomic E-state index is 4.65. The van der Waals surface area contributed by atoms with Gasteiger partial charge in [-0.3, -0.25) is 9.98 Å². The number of aromatic nitrogens is 1. The van der Waals surface area contributed by atoms with E-state index >= 15 is 0 Å². The summed E-state index contributed by atoms with van der Waals surface area (Å²) in [6.45, 7) is 3.82. The van der Waals surface area contributed by atoms with E-state index in [4.69, 9.17) is 0 Å². The molecule has 0 aliphatic carbocycles. The van der Waals surface area contributed by atoms with Crippen LogP contribution in [0.3, 0.4) is 0 Å². The molecule has 5 nitrogen and oxygen atoms in total. The summed E-state index contributed by atoms with van der Waals surface area (Å²) >= 11 is 0. The summed E-state index contributed by atoms with van der Waals surface area (Å²) in [7, 11) is 2.14. The summed E-state index contributed by atoms with van der Waals surface area (Å²) in [5.41, 5.74) is 4.83. The first-order valence-electron chi connectivity index (χ1n) is 9.41. The molecule has 2 aromatic carbocycles. The van der Waals surface area contributed by atoms with Crippen molar-refractivity contribution >= 4 is 33.5 Å². The topological polar surface area (TPSA) is 53.7 Å². The van der Waals surface area contributed by atoms with E-state index in [1.165, 1.54) is 32.9 Å². The Morgan fingerprint density at radius 3 is 1.69 bits per heavy atom. The van der Waals surface area contributed by atoms with Gasteiger partial charge in [-0.15, -0.1) is 0 Å². The van der Waals surface area contributed by atoms with Crippen molar-refractivity contribution < 1.29 is 0 Å². The van der Waals surface area contributed by atoms with Crippen molar-refractivity contribution in [2.75, 3.05) is 26.2 Å². The largest absolute Gasteiger partial charge is 0.370 e. The molecule has 2 aliphatic rings. The smallest absolute Gasteiger partial charge is 0.128 e. The second kappa shape index (κ2) is 6.16. The summed E-state index contributed by atoms with van der Waals surface area (Å²) in [4.78, 5) is 9.31. The van der Waals surface area contributed by atoms with Gasteiger partial charge in [0.1, 0.15) is 11.7 Å². The van der Waals surface area contributed by atoms with Crippen molar-refractivity contribution in [3.05, 3.63) is 47.5 Å². The Hall–Kier alpha value is -2.82. The summed E-state index contributed by atoms with van der Waals surface area (Å²) in [5.74, 6) is 2.04. The number of aryl methyl sites for hydroxylation is 1. The van der Waals surface area contributed by atoms with E-state index in [2.05, 4.69) is 68.6 Å². The molecule has 0 spiro atoms. The molecule has 2 aliphatic heterocycles. The van der Waals surface area contributed by atoms with Crippen molar-refractivity contribution in [2.45, 2.75) is 12.8 Å². The fraction of sp³-hybridized carbons (Fsp3) is 0.333. The van der Waals surface area contributed by atoms with Crippen molar-refractivity contribution in [1.29, 1.82) is 0 Å². The Kier molecular flexibility index (Phi) is 3.66. The van der Waals surface area contributed by atoms with Gasteiger partial charge in [0, 0.05) is 66.2 Å². The van der Waals surface area contributed by atoms with Gasteiger partial charge in [-0.25, -0.2) is 0 Å². The molecular formula is C21H23N5.